The molecular weight excluding hydrogens is 322 g/mol. The van der Waals surface area contributed by atoms with Gasteiger partial charge in [-0.15, -0.1) is 0 Å². The van der Waals surface area contributed by atoms with Gasteiger partial charge in [0, 0.05) is 0 Å². The highest BCUT2D eigenvalue weighted by atomic mass is 32.2. The third kappa shape index (κ3) is 2.92. The Bertz CT molecular complexity index is 874. The van der Waals surface area contributed by atoms with Gasteiger partial charge in [0.2, 0.25) is 5.75 Å². The third-order valence-electron chi connectivity index (χ3n) is 3.15. The van der Waals surface area contributed by atoms with Gasteiger partial charge in [0.1, 0.15) is 5.03 Å². The summed E-state index contributed by atoms with van der Waals surface area (Å²) in [6, 6.07) is 8.37. The first-order valence-electron chi connectivity index (χ1n) is 6.63. The van der Waals surface area contributed by atoms with E-state index in [-0.39, 0.29) is 16.4 Å². The van der Waals surface area contributed by atoms with Gasteiger partial charge < -0.3 is 9.47 Å². The maximum atomic E-state index is 14.5. The zero-order valence-corrected chi connectivity index (χ0v) is 13.2. The number of halogens is 2. The standard InChI is InChI=1S/C16H12F2N2O2S/c1-21-15-9(17)7-12(14(18)16(15)22-2)23-13-8-19-10-5-3-4-6-11(10)20-13/h3-8H,1-2H3. The summed E-state index contributed by atoms with van der Waals surface area (Å²) in [6.45, 7) is 0. The fourth-order valence-electron chi connectivity index (χ4n) is 2.11. The highest BCUT2D eigenvalue weighted by Gasteiger charge is 2.21. The molecule has 0 N–H and O–H groups in total. The SMILES string of the molecule is COc1c(F)cc(Sc2cnc3ccccc3n2)c(F)c1OC. The Morgan fingerprint density at radius 1 is 1.00 bits per heavy atom. The molecule has 0 bridgehead atoms. The Labute approximate surface area is 135 Å². The van der Waals surface area contributed by atoms with Crippen LogP contribution in [-0.4, -0.2) is 24.2 Å². The second-order valence-electron chi connectivity index (χ2n) is 4.54. The molecular formula is C16H12F2N2O2S. The lowest BCUT2D eigenvalue weighted by Crippen LogP contribution is -1.99. The van der Waals surface area contributed by atoms with Gasteiger partial charge in [-0.3, -0.25) is 4.98 Å². The molecule has 1 heterocycles. The Kier molecular flexibility index (Phi) is 4.29. The number of hydrogen-bond acceptors (Lipinski definition) is 5. The van der Waals surface area contributed by atoms with Crippen molar-refractivity contribution in [1.82, 2.24) is 9.97 Å². The van der Waals surface area contributed by atoms with E-state index in [9.17, 15) is 8.78 Å². The van der Waals surface area contributed by atoms with Crippen LogP contribution in [-0.2, 0) is 0 Å². The molecule has 7 heteroatoms. The summed E-state index contributed by atoms with van der Waals surface area (Å²) in [4.78, 5) is 8.67. The summed E-state index contributed by atoms with van der Waals surface area (Å²) in [7, 11) is 2.51. The van der Waals surface area contributed by atoms with Crippen LogP contribution in [0.5, 0.6) is 11.5 Å². The van der Waals surface area contributed by atoms with E-state index in [2.05, 4.69) is 9.97 Å². The molecule has 0 unspecified atom stereocenters. The van der Waals surface area contributed by atoms with Gasteiger partial charge in [-0.1, -0.05) is 23.9 Å². The minimum Gasteiger partial charge on any atom is -0.490 e. The Morgan fingerprint density at radius 3 is 2.39 bits per heavy atom. The molecule has 1 aromatic heterocycles. The summed E-state index contributed by atoms with van der Waals surface area (Å²) < 4.78 is 38.2. The number of hydrogen-bond donors (Lipinski definition) is 0. The molecule has 0 atom stereocenters. The van der Waals surface area contributed by atoms with E-state index in [0.29, 0.717) is 10.5 Å². The van der Waals surface area contributed by atoms with Gasteiger partial charge in [0.15, 0.2) is 17.4 Å². The molecule has 0 spiro atoms. The molecule has 0 radical (unpaired) electrons. The number of benzene rings is 2. The van der Waals surface area contributed by atoms with Crippen molar-refractivity contribution in [2.24, 2.45) is 0 Å². The van der Waals surface area contributed by atoms with Gasteiger partial charge in [0.25, 0.3) is 0 Å². The van der Waals surface area contributed by atoms with Crippen LogP contribution in [0.15, 0.2) is 46.5 Å². The zero-order valence-electron chi connectivity index (χ0n) is 12.3. The Balaban J connectivity index is 2.03. The van der Waals surface area contributed by atoms with E-state index in [1.807, 2.05) is 18.2 Å². The minimum absolute atomic E-state index is 0.0460. The average molecular weight is 334 g/mol. The summed E-state index contributed by atoms with van der Waals surface area (Å²) in [5.41, 5.74) is 1.41. The lowest BCUT2D eigenvalue weighted by Gasteiger charge is -2.12. The first kappa shape index (κ1) is 15.5. The molecule has 3 aromatic rings. The fourth-order valence-corrected chi connectivity index (χ4v) is 2.93. The number of methoxy groups -OCH3 is 2. The van der Waals surface area contributed by atoms with E-state index in [1.54, 1.807) is 6.07 Å². The highest BCUT2D eigenvalue weighted by Crippen LogP contribution is 2.40. The number of para-hydroxylation sites is 2. The van der Waals surface area contributed by atoms with E-state index in [4.69, 9.17) is 9.47 Å². The topological polar surface area (TPSA) is 44.2 Å². The van der Waals surface area contributed by atoms with Crippen molar-refractivity contribution < 1.29 is 18.3 Å². The Morgan fingerprint density at radius 2 is 1.70 bits per heavy atom. The van der Waals surface area contributed by atoms with Crippen LogP contribution in [0.25, 0.3) is 11.0 Å². The summed E-state index contributed by atoms with van der Waals surface area (Å²) in [5, 5.41) is 0.453. The fraction of sp³-hybridized carbons (Fsp3) is 0.125. The van der Waals surface area contributed by atoms with Crippen molar-refractivity contribution in [3.63, 3.8) is 0 Å². The maximum Gasteiger partial charge on any atom is 0.201 e. The highest BCUT2D eigenvalue weighted by molar-refractivity contribution is 7.99. The first-order chi connectivity index (χ1) is 11.1. The van der Waals surface area contributed by atoms with Gasteiger partial charge in [-0.25, -0.2) is 13.8 Å². The summed E-state index contributed by atoms with van der Waals surface area (Å²) >= 11 is 0.968. The van der Waals surface area contributed by atoms with Gasteiger partial charge >= 0.3 is 0 Å². The van der Waals surface area contributed by atoms with E-state index >= 15 is 0 Å². The van der Waals surface area contributed by atoms with Crippen molar-refractivity contribution >= 4 is 22.8 Å². The lowest BCUT2D eigenvalue weighted by atomic mass is 10.3. The maximum absolute atomic E-state index is 14.5. The van der Waals surface area contributed by atoms with Crippen molar-refractivity contribution in [3.05, 3.63) is 48.2 Å². The van der Waals surface area contributed by atoms with Crippen molar-refractivity contribution in [3.8, 4) is 11.5 Å². The van der Waals surface area contributed by atoms with Gasteiger partial charge in [-0.2, -0.15) is 0 Å². The number of rotatable bonds is 4. The zero-order chi connectivity index (χ0) is 16.4. The molecule has 0 aliphatic rings. The molecule has 3 rings (SSSR count). The van der Waals surface area contributed by atoms with E-state index in [0.717, 1.165) is 23.3 Å². The molecule has 0 fully saturated rings. The van der Waals surface area contributed by atoms with E-state index < -0.39 is 11.6 Å². The minimum atomic E-state index is -0.706. The van der Waals surface area contributed by atoms with Crippen molar-refractivity contribution in [1.29, 1.82) is 0 Å². The quantitative estimate of drug-likeness (QED) is 0.719. The van der Waals surface area contributed by atoms with Crippen LogP contribution < -0.4 is 9.47 Å². The van der Waals surface area contributed by atoms with Crippen LogP contribution in [0.2, 0.25) is 0 Å². The Hall–Kier alpha value is -2.41. The average Bonchev–Trinajstić information content (AvgIpc) is 2.57. The normalized spacial score (nSPS) is 10.8. The number of fused-ring (bicyclic) bond motifs is 1. The van der Waals surface area contributed by atoms with Crippen LogP contribution in [0.4, 0.5) is 8.78 Å². The van der Waals surface area contributed by atoms with Crippen LogP contribution in [0.3, 0.4) is 0 Å². The molecule has 2 aromatic carbocycles. The molecule has 0 aliphatic carbocycles. The molecule has 0 saturated heterocycles. The van der Waals surface area contributed by atoms with Gasteiger partial charge in [-0.05, 0) is 18.2 Å². The summed E-state index contributed by atoms with van der Waals surface area (Å²) in [6.07, 6.45) is 1.51. The summed E-state index contributed by atoms with van der Waals surface area (Å²) in [5.74, 6) is -1.95. The third-order valence-corrected chi connectivity index (χ3v) is 4.07. The molecule has 0 aliphatic heterocycles. The first-order valence-corrected chi connectivity index (χ1v) is 7.45. The molecule has 0 saturated carbocycles. The molecule has 23 heavy (non-hydrogen) atoms. The van der Waals surface area contributed by atoms with Crippen molar-refractivity contribution in [2.75, 3.05) is 14.2 Å². The largest absolute Gasteiger partial charge is 0.490 e. The second kappa shape index (κ2) is 6.37. The van der Waals surface area contributed by atoms with E-state index in [1.165, 1.54) is 20.4 Å². The van der Waals surface area contributed by atoms with Crippen LogP contribution in [0, 0.1) is 11.6 Å². The number of nitrogens with zero attached hydrogens (tertiary/aromatic N) is 2. The lowest BCUT2D eigenvalue weighted by molar-refractivity contribution is 0.318. The van der Waals surface area contributed by atoms with Gasteiger partial charge in [0.05, 0.1) is 36.3 Å². The number of ether oxygens (including phenoxy) is 2. The molecule has 0 amide bonds. The predicted octanol–water partition coefficient (Wildman–Crippen LogP) is 4.08. The molecule has 118 valence electrons. The smallest absolute Gasteiger partial charge is 0.201 e. The predicted molar refractivity (Wildman–Crippen MR) is 83.1 cm³/mol. The second-order valence-corrected chi connectivity index (χ2v) is 5.60. The van der Waals surface area contributed by atoms with Crippen LogP contribution >= 0.6 is 11.8 Å². The van der Waals surface area contributed by atoms with Crippen molar-refractivity contribution in [2.45, 2.75) is 9.92 Å². The monoisotopic (exact) mass is 334 g/mol. The molecule has 4 nitrogen and oxygen atoms in total. The van der Waals surface area contributed by atoms with Crippen LogP contribution in [0.1, 0.15) is 0 Å². The number of aromatic nitrogens is 2.